The number of nitrogens with one attached hydrogen (secondary N) is 1. The van der Waals surface area contributed by atoms with E-state index >= 15 is 0 Å². The van der Waals surface area contributed by atoms with Crippen LogP contribution in [-0.4, -0.2) is 38.4 Å². The summed E-state index contributed by atoms with van der Waals surface area (Å²) in [6.07, 6.45) is 0.753. The summed E-state index contributed by atoms with van der Waals surface area (Å²) in [5.41, 5.74) is 0.854. The molecule has 0 saturated carbocycles. The first-order chi connectivity index (χ1) is 15.8. The maximum Gasteiger partial charge on any atom is 0.266 e. The number of fused-ring (bicyclic) bond motifs is 1. The molecule has 0 fully saturated rings. The van der Waals surface area contributed by atoms with Crippen LogP contribution in [0.3, 0.4) is 0 Å². The molecule has 33 heavy (non-hydrogen) atoms. The summed E-state index contributed by atoms with van der Waals surface area (Å²) in [6.45, 7) is 2.36. The van der Waals surface area contributed by atoms with Gasteiger partial charge in [0.15, 0.2) is 0 Å². The molecule has 2 aromatic heterocycles. The highest BCUT2D eigenvalue weighted by molar-refractivity contribution is 5.89. The number of carbonyl (C=O) groups excluding carboxylic acids is 1. The molecule has 0 bridgehead atoms. The first kappa shape index (κ1) is 22.5. The minimum Gasteiger partial charge on any atom is -0.365 e. The average molecular weight is 457 g/mol. The van der Waals surface area contributed by atoms with Crippen LogP contribution in [0.25, 0.3) is 16.6 Å². The van der Waals surface area contributed by atoms with Gasteiger partial charge in [0.05, 0.1) is 10.9 Å². The topological polar surface area (TPSA) is 80.1 Å². The number of rotatable bonds is 5. The van der Waals surface area contributed by atoms with E-state index in [-0.39, 0.29) is 23.6 Å². The number of carbonyl (C=O) groups is 1. The van der Waals surface area contributed by atoms with Crippen LogP contribution < -0.4 is 10.9 Å². The summed E-state index contributed by atoms with van der Waals surface area (Å²) < 4.78 is 41.9. The maximum absolute atomic E-state index is 14.4. The van der Waals surface area contributed by atoms with Crippen LogP contribution in [0, 0.1) is 5.82 Å². The Labute approximate surface area is 187 Å². The second-order valence-corrected chi connectivity index (χ2v) is 7.80. The summed E-state index contributed by atoms with van der Waals surface area (Å²) in [7, 11) is 1.60. The van der Waals surface area contributed by atoms with Crippen molar-refractivity contribution in [1.82, 2.24) is 19.4 Å². The number of amides is 1. The lowest BCUT2D eigenvalue weighted by Gasteiger charge is -2.25. The molecule has 0 radical (unpaired) electrons. The smallest absolute Gasteiger partial charge is 0.266 e. The van der Waals surface area contributed by atoms with E-state index in [0.29, 0.717) is 41.9 Å². The van der Waals surface area contributed by atoms with Crippen LogP contribution in [0.5, 0.6) is 0 Å². The Morgan fingerprint density at radius 1 is 1.27 bits per heavy atom. The van der Waals surface area contributed by atoms with Crippen molar-refractivity contribution in [2.45, 2.75) is 26.3 Å². The summed E-state index contributed by atoms with van der Waals surface area (Å²) >= 11 is 0. The first-order valence-corrected chi connectivity index (χ1v) is 10.4. The van der Waals surface area contributed by atoms with Crippen molar-refractivity contribution in [3.8, 4) is 0 Å². The Bertz CT molecular complexity index is 1320. The van der Waals surface area contributed by atoms with Crippen molar-refractivity contribution >= 4 is 28.3 Å². The van der Waals surface area contributed by atoms with Gasteiger partial charge in [0, 0.05) is 44.7 Å². The minimum atomic E-state index is -2.91. The lowest BCUT2D eigenvalue weighted by molar-refractivity contribution is -0.128. The monoisotopic (exact) mass is 457 g/mol. The Hall–Kier alpha value is -3.69. The van der Waals surface area contributed by atoms with Crippen LogP contribution in [0.2, 0.25) is 0 Å². The Kier molecular flexibility index (Phi) is 6.17. The third-order valence-corrected chi connectivity index (χ3v) is 5.79. The molecule has 3 heterocycles. The second kappa shape index (κ2) is 9.05. The third kappa shape index (κ3) is 4.33. The molecule has 0 atom stereocenters. The summed E-state index contributed by atoms with van der Waals surface area (Å²) in [6, 6.07) is 5.53. The van der Waals surface area contributed by atoms with Crippen molar-refractivity contribution in [1.29, 1.82) is 0 Å². The number of anilines is 1. The van der Waals surface area contributed by atoms with Crippen molar-refractivity contribution in [3.63, 3.8) is 0 Å². The van der Waals surface area contributed by atoms with Crippen molar-refractivity contribution < 1.29 is 18.0 Å². The standard InChI is InChI=1S/C23H22F3N5O2/c1-13(32)31-8-6-14(7-9-31)17-10-18-21(28-12-29-22(18)30(2)23(17)33)27-11-15-4-3-5-16(19(15)24)20(25)26/h3-6,10,12,20H,7-9,11H2,1-2H3,(H,27,28,29). The van der Waals surface area contributed by atoms with Crippen molar-refractivity contribution in [3.05, 3.63) is 69.5 Å². The lowest BCUT2D eigenvalue weighted by Crippen LogP contribution is -2.33. The van der Waals surface area contributed by atoms with E-state index in [9.17, 15) is 22.8 Å². The summed E-state index contributed by atoms with van der Waals surface area (Å²) in [5, 5.41) is 3.52. The molecule has 0 spiro atoms. The zero-order valence-electron chi connectivity index (χ0n) is 18.1. The molecule has 1 aromatic carbocycles. The van der Waals surface area contributed by atoms with Gasteiger partial charge in [0.25, 0.3) is 12.0 Å². The molecule has 172 valence electrons. The van der Waals surface area contributed by atoms with Gasteiger partial charge in [-0.2, -0.15) is 0 Å². The number of aryl methyl sites for hydroxylation is 1. The Balaban J connectivity index is 1.70. The van der Waals surface area contributed by atoms with Gasteiger partial charge in [-0.25, -0.2) is 23.1 Å². The van der Waals surface area contributed by atoms with Gasteiger partial charge >= 0.3 is 0 Å². The number of hydrogen-bond donors (Lipinski definition) is 1. The number of aromatic nitrogens is 3. The van der Waals surface area contributed by atoms with Gasteiger partial charge in [-0.05, 0) is 18.1 Å². The number of nitrogens with zero attached hydrogens (tertiary/aromatic N) is 4. The highest BCUT2D eigenvalue weighted by atomic mass is 19.3. The van der Waals surface area contributed by atoms with Gasteiger partial charge in [-0.3, -0.25) is 14.2 Å². The number of alkyl halides is 2. The molecule has 1 N–H and O–H groups in total. The highest BCUT2D eigenvalue weighted by Crippen LogP contribution is 2.27. The van der Waals surface area contributed by atoms with E-state index in [0.717, 1.165) is 11.6 Å². The highest BCUT2D eigenvalue weighted by Gasteiger charge is 2.20. The number of hydrogen-bond acceptors (Lipinski definition) is 5. The Morgan fingerprint density at radius 2 is 2.06 bits per heavy atom. The molecule has 7 nitrogen and oxygen atoms in total. The molecule has 10 heteroatoms. The minimum absolute atomic E-state index is 0.0280. The summed E-state index contributed by atoms with van der Waals surface area (Å²) in [5.74, 6) is -0.644. The average Bonchev–Trinajstić information content (AvgIpc) is 2.80. The molecule has 3 aromatic rings. The van der Waals surface area contributed by atoms with Crippen LogP contribution in [0.1, 0.15) is 36.5 Å². The zero-order valence-corrected chi connectivity index (χ0v) is 18.1. The lowest BCUT2D eigenvalue weighted by atomic mass is 9.99. The fraction of sp³-hybridized carbons (Fsp3) is 0.304. The van der Waals surface area contributed by atoms with Crippen molar-refractivity contribution in [2.75, 3.05) is 18.4 Å². The molecule has 1 aliphatic rings. The quantitative estimate of drug-likeness (QED) is 0.633. The van der Waals surface area contributed by atoms with E-state index in [1.165, 1.54) is 30.0 Å². The van der Waals surface area contributed by atoms with Crippen LogP contribution in [-0.2, 0) is 18.4 Å². The predicted octanol–water partition coefficient (Wildman–Crippen LogP) is 3.65. The summed E-state index contributed by atoms with van der Waals surface area (Å²) in [4.78, 5) is 34.7. The second-order valence-electron chi connectivity index (χ2n) is 7.80. The molecular weight excluding hydrogens is 435 g/mol. The van der Waals surface area contributed by atoms with E-state index < -0.39 is 17.8 Å². The Morgan fingerprint density at radius 3 is 2.73 bits per heavy atom. The molecule has 0 saturated heterocycles. The molecule has 0 unspecified atom stereocenters. The van der Waals surface area contributed by atoms with E-state index in [2.05, 4.69) is 15.3 Å². The van der Waals surface area contributed by atoms with Crippen LogP contribution in [0.15, 0.2) is 41.5 Å². The fourth-order valence-electron chi connectivity index (χ4n) is 3.92. The van der Waals surface area contributed by atoms with E-state index in [1.54, 1.807) is 18.0 Å². The van der Waals surface area contributed by atoms with Gasteiger partial charge < -0.3 is 10.2 Å². The first-order valence-electron chi connectivity index (χ1n) is 10.4. The SMILES string of the molecule is CC(=O)N1CC=C(c2cc3c(NCc4cccc(C(F)F)c4F)ncnc3n(C)c2=O)CC1. The largest absolute Gasteiger partial charge is 0.365 e. The third-order valence-electron chi connectivity index (χ3n) is 5.79. The normalized spacial score (nSPS) is 14.0. The number of benzene rings is 1. The fourth-order valence-corrected chi connectivity index (χ4v) is 3.92. The van der Waals surface area contributed by atoms with Gasteiger partial charge in [-0.1, -0.05) is 24.3 Å². The molecule has 0 aliphatic carbocycles. The molecule has 1 amide bonds. The number of halogens is 3. The van der Waals surface area contributed by atoms with Gasteiger partial charge in [-0.15, -0.1) is 0 Å². The van der Waals surface area contributed by atoms with Crippen LogP contribution in [0.4, 0.5) is 19.0 Å². The molecule has 4 rings (SSSR count). The van der Waals surface area contributed by atoms with E-state index in [1.807, 2.05) is 6.08 Å². The van der Waals surface area contributed by atoms with Crippen molar-refractivity contribution in [2.24, 2.45) is 7.05 Å². The zero-order chi connectivity index (χ0) is 23.7. The van der Waals surface area contributed by atoms with Crippen LogP contribution >= 0.6 is 0 Å². The molecular formula is C23H22F3N5O2. The van der Waals surface area contributed by atoms with Gasteiger partial charge in [0.1, 0.15) is 23.6 Å². The van der Waals surface area contributed by atoms with Gasteiger partial charge in [0.2, 0.25) is 5.91 Å². The van der Waals surface area contributed by atoms with E-state index in [4.69, 9.17) is 0 Å². The molecule has 1 aliphatic heterocycles. The predicted molar refractivity (Wildman–Crippen MR) is 118 cm³/mol. The maximum atomic E-state index is 14.4. The number of pyridine rings is 1.